The number of hydrogen-bond acceptors (Lipinski definition) is 5. The first-order valence-electron chi connectivity index (χ1n) is 10.5. The Morgan fingerprint density at radius 3 is 2.72 bits per heavy atom. The maximum Gasteiger partial charge on any atom is 0.410 e. The van der Waals surface area contributed by atoms with Gasteiger partial charge in [-0.3, -0.25) is 0 Å². The molecular formula is C24H27ClN4O3. The summed E-state index contributed by atoms with van der Waals surface area (Å²) in [6.07, 6.45) is 4.28. The molecule has 7 nitrogen and oxygen atoms in total. The monoisotopic (exact) mass is 454 g/mol. The molecule has 1 aliphatic rings. The Morgan fingerprint density at radius 2 is 2.06 bits per heavy atom. The first-order chi connectivity index (χ1) is 15.2. The van der Waals surface area contributed by atoms with E-state index in [4.69, 9.17) is 21.1 Å². The van der Waals surface area contributed by atoms with Gasteiger partial charge in [-0.25, -0.2) is 9.78 Å². The smallest absolute Gasteiger partial charge is 0.410 e. The van der Waals surface area contributed by atoms with Crippen LogP contribution in [-0.4, -0.2) is 46.8 Å². The molecule has 0 radical (unpaired) electrons. The molecule has 0 spiro atoms. The fourth-order valence-electron chi connectivity index (χ4n) is 3.61. The van der Waals surface area contributed by atoms with Crippen LogP contribution in [0.1, 0.15) is 32.9 Å². The minimum absolute atomic E-state index is 0.282. The Morgan fingerprint density at radius 1 is 1.25 bits per heavy atom. The summed E-state index contributed by atoms with van der Waals surface area (Å²) in [6, 6.07) is 9.59. The summed E-state index contributed by atoms with van der Waals surface area (Å²) in [5.74, 6) is 0.630. The van der Waals surface area contributed by atoms with Crippen LogP contribution >= 0.6 is 11.6 Å². The Balaban J connectivity index is 1.53. The lowest BCUT2D eigenvalue weighted by atomic mass is 10.0. The van der Waals surface area contributed by atoms with Crippen molar-refractivity contribution in [3.05, 3.63) is 53.3 Å². The Hall–Kier alpha value is -3.19. The van der Waals surface area contributed by atoms with Gasteiger partial charge in [0.2, 0.25) is 0 Å². The fraction of sp³-hybridized carbons (Fsp3) is 0.333. The summed E-state index contributed by atoms with van der Waals surface area (Å²) >= 11 is 6.26. The number of aromatic nitrogens is 2. The van der Waals surface area contributed by atoms with Crippen LogP contribution in [0.4, 0.5) is 16.2 Å². The Labute approximate surface area is 192 Å². The van der Waals surface area contributed by atoms with Gasteiger partial charge in [-0.15, -0.1) is 0 Å². The molecule has 3 aromatic rings. The van der Waals surface area contributed by atoms with Crippen molar-refractivity contribution in [3.8, 4) is 5.75 Å². The van der Waals surface area contributed by atoms with Gasteiger partial charge in [0.1, 0.15) is 17.0 Å². The lowest BCUT2D eigenvalue weighted by molar-refractivity contribution is 0.0270. The molecule has 0 saturated heterocycles. The number of carbonyl (C=O) groups is 1. The number of nitrogens with one attached hydrogen (secondary N) is 2. The molecule has 1 aliphatic heterocycles. The largest absolute Gasteiger partial charge is 0.495 e. The van der Waals surface area contributed by atoms with Crippen LogP contribution in [0.3, 0.4) is 0 Å². The second-order valence-electron chi connectivity index (χ2n) is 8.68. The first-order valence-corrected chi connectivity index (χ1v) is 10.9. The van der Waals surface area contributed by atoms with E-state index in [9.17, 15) is 4.79 Å². The van der Waals surface area contributed by atoms with Gasteiger partial charge in [-0.05, 0) is 63.1 Å². The van der Waals surface area contributed by atoms with Gasteiger partial charge in [0.25, 0.3) is 0 Å². The molecule has 2 aromatic heterocycles. The van der Waals surface area contributed by atoms with Crippen molar-refractivity contribution in [3.63, 3.8) is 0 Å². The first kappa shape index (κ1) is 22.0. The third kappa shape index (κ3) is 4.83. The highest BCUT2D eigenvalue weighted by Gasteiger charge is 2.24. The SMILES string of the molecule is COc1ccc(Nc2ccnc3[nH]c(C4=CCN(C(=O)OC(C)(C)C)CC4)cc23)cc1Cl. The third-order valence-corrected chi connectivity index (χ3v) is 5.46. The minimum atomic E-state index is -0.499. The number of rotatable bonds is 4. The zero-order valence-electron chi connectivity index (χ0n) is 18.7. The Bertz CT molecular complexity index is 1180. The molecule has 168 valence electrons. The average Bonchev–Trinajstić information content (AvgIpc) is 3.18. The summed E-state index contributed by atoms with van der Waals surface area (Å²) in [6.45, 7) is 6.75. The summed E-state index contributed by atoms with van der Waals surface area (Å²) in [5.41, 5.74) is 4.22. The van der Waals surface area contributed by atoms with Crippen LogP contribution in [0.2, 0.25) is 5.02 Å². The number of anilines is 2. The van der Waals surface area contributed by atoms with Crippen molar-refractivity contribution in [2.45, 2.75) is 32.8 Å². The predicted molar refractivity (Wildman–Crippen MR) is 128 cm³/mol. The van der Waals surface area contributed by atoms with Crippen molar-refractivity contribution in [2.75, 3.05) is 25.5 Å². The van der Waals surface area contributed by atoms with Crippen LogP contribution in [0.5, 0.6) is 5.75 Å². The van der Waals surface area contributed by atoms with Crippen LogP contribution in [-0.2, 0) is 4.74 Å². The number of hydrogen-bond donors (Lipinski definition) is 2. The predicted octanol–water partition coefficient (Wildman–Crippen LogP) is 5.99. The molecule has 0 aliphatic carbocycles. The highest BCUT2D eigenvalue weighted by atomic mass is 35.5. The molecule has 3 heterocycles. The van der Waals surface area contributed by atoms with Gasteiger partial charge in [0.15, 0.2) is 0 Å². The normalized spacial score (nSPS) is 14.3. The molecule has 32 heavy (non-hydrogen) atoms. The summed E-state index contributed by atoms with van der Waals surface area (Å²) in [5, 5.41) is 4.93. The second kappa shape index (κ2) is 8.74. The van der Waals surface area contributed by atoms with Crippen molar-refractivity contribution in [1.29, 1.82) is 0 Å². The number of nitrogens with zero attached hydrogens (tertiary/aromatic N) is 2. The van der Waals surface area contributed by atoms with Gasteiger partial charge >= 0.3 is 6.09 Å². The number of fused-ring (bicyclic) bond motifs is 1. The summed E-state index contributed by atoms with van der Waals surface area (Å²) in [4.78, 5) is 21.9. The average molecular weight is 455 g/mol. The van der Waals surface area contributed by atoms with E-state index >= 15 is 0 Å². The topological polar surface area (TPSA) is 79.5 Å². The van der Waals surface area contributed by atoms with Crippen LogP contribution in [0, 0.1) is 0 Å². The fourth-order valence-corrected chi connectivity index (χ4v) is 3.87. The molecule has 0 unspecified atom stereocenters. The zero-order valence-corrected chi connectivity index (χ0v) is 19.4. The lowest BCUT2D eigenvalue weighted by Gasteiger charge is -2.29. The molecule has 0 saturated carbocycles. The number of ether oxygens (including phenoxy) is 2. The summed E-state index contributed by atoms with van der Waals surface area (Å²) < 4.78 is 10.7. The zero-order chi connectivity index (χ0) is 22.9. The molecule has 0 fully saturated rings. The number of H-pyrrole nitrogens is 1. The number of methoxy groups -OCH3 is 1. The van der Waals surface area contributed by atoms with E-state index < -0.39 is 5.60 Å². The molecule has 4 rings (SSSR count). The van der Waals surface area contributed by atoms with Gasteiger partial charge in [0, 0.05) is 36.1 Å². The van der Waals surface area contributed by atoms with E-state index in [0.717, 1.165) is 40.1 Å². The molecule has 8 heteroatoms. The molecule has 1 aromatic carbocycles. The van der Waals surface area contributed by atoms with E-state index in [0.29, 0.717) is 23.9 Å². The molecular weight excluding hydrogens is 428 g/mol. The van der Waals surface area contributed by atoms with E-state index in [1.807, 2.05) is 45.0 Å². The van der Waals surface area contributed by atoms with Crippen LogP contribution < -0.4 is 10.1 Å². The quantitative estimate of drug-likeness (QED) is 0.506. The number of benzene rings is 1. The maximum atomic E-state index is 12.3. The van der Waals surface area contributed by atoms with Crippen molar-refractivity contribution in [1.82, 2.24) is 14.9 Å². The van der Waals surface area contributed by atoms with Crippen molar-refractivity contribution < 1.29 is 14.3 Å². The standard InChI is InChI=1S/C24H27ClN4O3/c1-24(2,3)32-23(30)29-11-8-15(9-12-29)20-14-17-19(7-10-26-22(17)28-20)27-16-5-6-21(31-4)18(25)13-16/h5-8,10,13-14H,9,11-12H2,1-4H3,(H2,26,27,28). The number of halogens is 1. The minimum Gasteiger partial charge on any atom is -0.495 e. The second-order valence-corrected chi connectivity index (χ2v) is 9.09. The molecule has 2 N–H and O–H groups in total. The number of amides is 1. The van der Waals surface area contributed by atoms with Crippen LogP contribution in [0.25, 0.3) is 16.6 Å². The number of carbonyl (C=O) groups excluding carboxylic acids is 1. The van der Waals surface area contributed by atoms with E-state index in [2.05, 4.69) is 27.4 Å². The van der Waals surface area contributed by atoms with E-state index in [1.165, 1.54) is 0 Å². The lowest BCUT2D eigenvalue weighted by Crippen LogP contribution is -2.39. The van der Waals surface area contributed by atoms with Crippen LogP contribution in [0.15, 0.2) is 42.6 Å². The van der Waals surface area contributed by atoms with Gasteiger partial charge in [0.05, 0.1) is 17.8 Å². The van der Waals surface area contributed by atoms with Gasteiger partial charge in [-0.1, -0.05) is 17.7 Å². The number of pyridine rings is 1. The summed E-state index contributed by atoms with van der Waals surface area (Å²) in [7, 11) is 1.59. The number of aromatic amines is 1. The molecule has 0 atom stereocenters. The van der Waals surface area contributed by atoms with Gasteiger partial charge < -0.3 is 24.7 Å². The van der Waals surface area contributed by atoms with Gasteiger partial charge in [-0.2, -0.15) is 0 Å². The van der Waals surface area contributed by atoms with Crippen molar-refractivity contribution >= 4 is 45.7 Å². The highest BCUT2D eigenvalue weighted by molar-refractivity contribution is 6.32. The Kier molecular flexibility index (Phi) is 6.02. The third-order valence-electron chi connectivity index (χ3n) is 5.17. The highest BCUT2D eigenvalue weighted by Crippen LogP contribution is 2.33. The van der Waals surface area contributed by atoms with Crippen molar-refractivity contribution in [2.24, 2.45) is 0 Å². The van der Waals surface area contributed by atoms with E-state index in [-0.39, 0.29) is 6.09 Å². The molecule has 1 amide bonds. The van der Waals surface area contributed by atoms with E-state index in [1.54, 1.807) is 18.2 Å². The maximum absolute atomic E-state index is 12.3. The molecule has 0 bridgehead atoms.